The molecule has 5 nitrogen and oxygen atoms in total. The highest BCUT2D eigenvalue weighted by molar-refractivity contribution is 5.92. The van der Waals surface area contributed by atoms with Crippen LogP contribution in [0.15, 0.2) is 42.9 Å². The second-order valence-electron chi connectivity index (χ2n) is 5.26. The molecule has 0 radical (unpaired) electrons. The van der Waals surface area contributed by atoms with Gasteiger partial charge in [-0.2, -0.15) is 0 Å². The molecule has 0 unspecified atom stereocenters. The fourth-order valence-corrected chi connectivity index (χ4v) is 2.18. The van der Waals surface area contributed by atoms with Crippen molar-refractivity contribution in [3.63, 3.8) is 0 Å². The van der Waals surface area contributed by atoms with E-state index in [-0.39, 0.29) is 11.8 Å². The number of amides is 1. The Morgan fingerprint density at radius 1 is 1.24 bits per heavy atom. The van der Waals surface area contributed by atoms with Crippen molar-refractivity contribution in [1.82, 2.24) is 9.97 Å². The molecular weight excluding hydrogens is 264 g/mol. The normalized spacial score (nSPS) is 14.3. The fourth-order valence-electron chi connectivity index (χ4n) is 2.18. The highest BCUT2D eigenvalue weighted by atomic mass is 16.2. The van der Waals surface area contributed by atoms with Crippen LogP contribution in [0.4, 0.5) is 11.5 Å². The van der Waals surface area contributed by atoms with Crippen molar-refractivity contribution >= 4 is 17.4 Å². The standard InChI is InChI=1S/C16H18N4O/c21-16(13-4-1-5-13)20-15-7-6-14(11-19-15)18-10-12-3-2-8-17-9-12/h2-3,6-9,11,13,18H,1,4-5,10H2,(H,19,20,21). The summed E-state index contributed by atoms with van der Waals surface area (Å²) >= 11 is 0. The Bertz CT molecular complexity index is 593. The Morgan fingerprint density at radius 2 is 2.14 bits per heavy atom. The van der Waals surface area contributed by atoms with Gasteiger partial charge in [-0.3, -0.25) is 9.78 Å². The van der Waals surface area contributed by atoms with Gasteiger partial charge in [-0.1, -0.05) is 12.5 Å². The second kappa shape index (κ2) is 6.35. The van der Waals surface area contributed by atoms with Crippen molar-refractivity contribution in [3.05, 3.63) is 48.4 Å². The molecule has 108 valence electrons. The van der Waals surface area contributed by atoms with Crippen LogP contribution in [0.5, 0.6) is 0 Å². The lowest BCUT2D eigenvalue weighted by Crippen LogP contribution is -2.28. The van der Waals surface area contributed by atoms with Gasteiger partial charge in [-0.25, -0.2) is 4.98 Å². The Labute approximate surface area is 123 Å². The third-order valence-corrected chi connectivity index (χ3v) is 3.71. The third kappa shape index (κ3) is 3.56. The minimum absolute atomic E-state index is 0.0878. The summed E-state index contributed by atoms with van der Waals surface area (Å²) in [6.45, 7) is 0.698. The van der Waals surface area contributed by atoms with Gasteiger partial charge in [0.05, 0.1) is 11.9 Å². The predicted octanol–water partition coefficient (Wildman–Crippen LogP) is 2.83. The van der Waals surface area contributed by atoms with Crippen LogP contribution in [0.3, 0.4) is 0 Å². The molecule has 0 aromatic carbocycles. The van der Waals surface area contributed by atoms with E-state index < -0.39 is 0 Å². The number of hydrogen-bond donors (Lipinski definition) is 2. The van der Waals surface area contributed by atoms with Gasteiger partial charge in [0.1, 0.15) is 5.82 Å². The number of anilines is 2. The topological polar surface area (TPSA) is 66.9 Å². The maximum Gasteiger partial charge on any atom is 0.228 e. The van der Waals surface area contributed by atoms with E-state index in [0.29, 0.717) is 12.4 Å². The summed E-state index contributed by atoms with van der Waals surface area (Å²) in [7, 11) is 0. The van der Waals surface area contributed by atoms with Crippen molar-refractivity contribution in [1.29, 1.82) is 0 Å². The van der Waals surface area contributed by atoms with Gasteiger partial charge in [0.15, 0.2) is 0 Å². The van der Waals surface area contributed by atoms with Gasteiger partial charge in [-0.15, -0.1) is 0 Å². The summed E-state index contributed by atoms with van der Waals surface area (Å²) in [5.74, 6) is 0.874. The van der Waals surface area contributed by atoms with Gasteiger partial charge in [-0.05, 0) is 36.6 Å². The number of carbonyl (C=O) groups excluding carboxylic acids is 1. The molecule has 0 atom stereocenters. The number of rotatable bonds is 5. The van der Waals surface area contributed by atoms with E-state index in [1.807, 2.05) is 30.5 Å². The van der Waals surface area contributed by atoms with Gasteiger partial charge in [0.2, 0.25) is 5.91 Å². The number of pyridine rings is 2. The van der Waals surface area contributed by atoms with Crippen molar-refractivity contribution < 1.29 is 4.79 Å². The lowest BCUT2D eigenvalue weighted by molar-refractivity contribution is -0.122. The summed E-state index contributed by atoms with van der Waals surface area (Å²) in [6.07, 6.45) is 8.46. The van der Waals surface area contributed by atoms with Crippen LogP contribution in [0.1, 0.15) is 24.8 Å². The third-order valence-electron chi connectivity index (χ3n) is 3.71. The Morgan fingerprint density at radius 3 is 2.76 bits per heavy atom. The smallest absolute Gasteiger partial charge is 0.228 e. The first-order valence-corrected chi connectivity index (χ1v) is 7.21. The molecule has 1 fully saturated rings. The molecule has 5 heteroatoms. The van der Waals surface area contributed by atoms with E-state index >= 15 is 0 Å². The van der Waals surface area contributed by atoms with Crippen molar-refractivity contribution in [2.24, 2.45) is 5.92 Å². The zero-order valence-electron chi connectivity index (χ0n) is 11.7. The zero-order valence-corrected chi connectivity index (χ0v) is 11.7. The molecule has 1 aliphatic rings. The number of carbonyl (C=O) groups is 1. The number of aromatic nitrogens is 2. The van der Waals surface area contributed by atoms with Crippen LogP contribution in [0, 0.1) is 5.92 Å². The molecular formula is C16H18N4O. The monoisotopic (exact) mass is 282 g/mol. The molecule has 1 amide bonds. The maximum atomic E-state index is 11.8. The first kappa shape index (κ1) is 13.5. The molecule has 3 rings (SSSR count). The summed E-state index contributed by atoms with van der Waals surface area (Å²) in [5.41, 5.74) is 2.03. The summed E-state index contributed by atoms with van der Waals surface area (Å²) in [4.78, 5) is 20.1. The van der Waals surface area contributed by atoms with E-state index in [1.54, 1.807) is 12.4 Å². The molecule has 0 saturated heterocycles. The number of nitrogens with zero attached hydrogens (tertiary/aromatic N) is 2. The SMILES string of the molecule is O=C(Nc1ccc(NCc2cccnc2)cn1)C1CCC1. The average molecular weight is 282 g/mol. The molecule has 2 N–H and O–H groups in total. The minimum Gasteiger partial charge on any atom is -0.380 e. The quantitative estimate of drug-likeness (QED) is 0.885. The fraction of sp³-hybridized carbons (Fsp3) is 0.312. The van der Waals surface area contributed by atoms with E-state index in [0.717, 1.165) is 30.5 Å². The van der Waals surface area contributed by atoms with Gasteiger partial charge < -0.3 is 10.6 Å². The molecule has 1 saturated carbocycles. The molecule has 2 aromatic heterocycles. The molecule has 2 heterocycles. The minimum atomic E-state index is 0.0878. The Hall–Kier alpha value is -2.43. The number of nitrogens with one attached hydrogen (secondary N) is 2. The maximum absolute atomic E-state index is 11.8. The number of hydrogen-bond acceptors (Lipinski definition) is 4. The van der Waals surface area contributed by atoms with E-state index in [4.69, 9.17) is 0 Å². The van der Waals surface area contributed by atoms with Crippen LogP contribution < -0.4 is 10.6 Å². The average Bonchev–Trinajstić information content (AvgIpc) is 2.46. The van der Waals surface area contributed by atoms with Crippen LogP contribution >= 0.6 is 0 Å². The van der Waals surface area contributed by atoms with E-state index in [1.165, 1.54) is 0 Å². The highest BCUT2D eigenvalue weighted by Crippen LogP contribution is 2.27. The zero-order chi connectivity index (χ0) is 14.5. The molecule has 21 heavy (non-hydrogen) atoms. The lowest BCUT2D eigenvalue weighted by atomic mass is 9.85. The van der Waals surface area contributed by atoms with Gasteiger partial charge in [0.25, 0.3) is 0 Å². The first-order valence-electron chi connectivity index (χ1n) is 7.21. The summed E-state index contributed by atoms with van der Waals surface area (Å²) in [6, 6.07) is 7.66. The Kier molecular flexibility index (Phi) is 4.09. The predicted molar refractivity (Wildman–Crippen MR) is 81.8 cm³/mol. The van der Waals surface area contributed by atoms with Crippen LogP contribution in [-0.4, -0.2) is 15.9 Å². The van der Waals surface area contributed by atoms with Gasteiger partial charge in [0, 0.05) is 24.9 Å². The van der Waals surface area contributed by atoms with Gasteiger partial charge >= 0.3 is 0 Å². The molecule has 0 spiro atoms. The Balaban J connectivity index is 1.52. The molecule has 0 aliphatic heterocycles. The van der Waals surface area contributed by atoms with E-state index in [9.17, 15) is 4.79 Å². The van der Waals surface area contributed by atoms with Crippen molar-refractivity contribution in [2.75, 3.05) is 10.6 Å². The molecule has 2 aromatic rings. The molecule has 0 bridgehead atoms. The summed E-state index contributed by atoms with van der Waals surface area (Å²) in [5, 5.41) is 6.13. The van der Waals surface area contributed by atoms with E-state index in [2.05, 4.69) is 20.6 Å². The van der Waals surface area contributed by atoms with Crippen molar-refractivity contribution in [3.8, 4) is 0 Å². The highest BCUT2D eigenvalue weighted by Gasteiger charge is 2.25. The van der Waals surface area contributed by atoms with Crippen LogP contribution in [0.2, 0.25) is 0 Å². The summed E-state index contributed by atoms with van der Waals surface area (Å²) < 4.78 is 0. The molecule has 1 aliphatic carbocycles. The first-order chi connectivity index (χ1) is 10.3. The lowest BCUT2D eigenvalue weighted by Gasteiger charge is -2.23. The second-order valence-corrected chi connectivity index (χ2v) is 5.26. The van der Waals surface area contributed by atoms with Crippen molar-refractivity contribution in [2.45, 2.75) is 25.8 Å². The van der Waals surface area contributed by atoms with Crippen LogP contribution in [0.25, 0.3) is 0 Å². The largest absolute Gasteiger partial charge is 0.380 e. The van der Waals surface area contributed by atoms with Crippen LogP contribution in [-0.2, 0) is 11.3 Å².